The van der Waals surface area contributed by atoms with E-state index in [0.717, 1.165) is 0 Å². The number of aryl methyl sites for hydroxylation is 1. The van der Waals surface area contributed by atoms with E-state index in [0.29, 0.717) is 5.69 Å². The van der Waals surface area contributed by atoms with Gasteiger partial charge in [-0.05, 0) is 0 Å². The maximum atomic E-state index is 11.4. The predicted octanol–water partition coefficient (Wildman–Crippen LogP) is 0.788. The Balaban J connectivity index is 2.79. The highest BCUT2D eigenvalue weighted by atomic mass is 35.5. The molecule has 0 radical (unpaired) electrons. The number of hydrogen-bond acceptors (Lipinski definition) is 2. The Labute approximate surface area is 82.1 Å². The normalized spacial score (nSPS) is 12.6. The Morgan fingerprint density at radius 2 is 2.31 bits per heavy atom. The Hall–Kier alpha value is -1.03. The van der Waals surface area contributed by atoms with Gasteiger partial charge in [0.05, 0.1) is 12.0 Å². The molecule has 72 valence electrons. The van der Waals surface area contributed by atoms with E-state index in [2.05, 4.69) is 4.98 Å². The fraction of sp³-hybridized carbons (Fsp3) is 0.500. The highest BCUT2D eigenvalue weighted by Gasteiger charge is 2.21. The van der Waals surface area contributed by atoms with Gasteiger partial charge in [0, 0.05) is 27.3 Å². The summed E-state index contributed by atoms with van der Waals surface area (Å²) in [5.41, 5.74) is 0.586. The summed E-state index contributed by atoms with van der Waals surface area (Å²) in [6.45, 7) is 0. The standard InChI is InChI=1S/C8H12ClN3O/c1-11(2)8(13)7(9)6-4-12(3)5-10-6/h4-5,7H,1-3H3. The van der Waals surface area contributed by atoms with Gasteiger partial charge in [0.2, 0.25) is 5.91 Å². The van der Waals surface area contributed by atoms with Gasteiger partial charge in [-0.15, -0.1) is 11.6 Å². The molecule has 0 N–H and O–H groups in total. The first-order valence-electron chi connectivity index (χ1n) is 3.85. The van der Waals surface area contributed by atoms with Crippen LogP contribution in [0.2, 0.25) is 0 Å². The van der Waals surface area contributed by atoms with Crippen molar-refractivity contribution in [3.63, 3.8) is 0 Å². The Bertz CT molecular complexity index is 308. The summed E-state index contributed by atoms with van der Waals surface area (Å²) in [6, 6.07) is 0. The van der Waals surface area contributed by atoms with Crippen LogP contribution in [0.1, 0.15) is 11.1 Å². The lowest BCUT2D eigenvalue weighted by atomic mass is 10.3. The second-order valence-corrected chi connectivity index (χ2v) is 3.50. The third kappa shape index (κ3) is 2.21. The van der Waals surface area contributed by atoms with E-state index in [1.807, 2.05) is 7.05 Å². The minimum Gasteiger partial charge on any atom is -0.347 e. The molecule has 0 aliphatic rings. The largest absolute Gasteiger partial charge is 0.347 e. The summed E-state index contributed by atoms with van der Waals surface area (Å²) in [5.74, 6) is -0.152. The summed E-state index contributed by atoms with van der Waals surface area (Å²) in [6.07, 6.45) is 3.35. The molecule has 0 aliphatic heterocycles. The average molecular weight is 202 g/mol. The van der Waals surface area contributed by atoms with Crippen molar-refractivity contribution < 1.29 is 4.79 Å². The molecule has 1 unspecified atom stereocenters. The zero-order chi connectivity index (χ0) is 10.0. The predicted molar refractivity (Wildman–Crippen MR) is 50.5 cm³/mol. The number of imidazole rings is 1. The van der Waals surface area contributed by atoms with Crippen molar-refractivity contribution in [2.45, 2.75) is 5.38 Å². The van der Waals surface area contributed by atoms with Gasteiger partial charge >= 0.3 is 0 Å². The fourth-order valence-electron chi connectivity index (χ4n) is 0.917. The number of carbonyl (C=O) groups is 1. The molecule has 0 aromatic carbocycles. The number of alkyl halides is 1. The van der Waals surface area contributed by atoms with Gasteiger partial charge in [-0.1, -0.05) is 0 Å². The molecule has 5 heteroatoms. The summed E-state index contributed by atoms with van der Waals surface area (Å²) < 4.78 is 1.76. The van der Waals surface area contributed by atoms with Crippen LogP contribution in [0.3, 0.4) is 0 Å². The molecule has 1 atom stereocenters. The molecule has 0 bridgehead atoms. The van der Waals surface area contributed by atoms with Gasteiger partial charge in [-0.3, -0.25) is 4.79 Å². The molecule has 0 saturated carbocycles. The molecular weight excluding hydrogens is 190 g/mol. The quantitative estimate of drug-likeness (QED) is 0.664. The number of rotatable bonds is 2. The molecular formula is C8H12ClN3O. The van der Waals surface area contributed by atoms with Gasteiger partial charge in [0.25, 0.3) is 0 Å². The summed E-state index contributed by atoms with van der Waals surface area (Å²) in [5, 5.41) is -0.684. The van der Waals surface area contributed by atoms with Crippen LogP contribution in [-0.4, -0.2) is 34.5 Å². The third-order valence-corrected chi connectivity index (χ3v) is 2.05. The van der Waals surface area contributed by atoms with Gasteiger partial charge < -0.3 is 9.47 Å². The van der Waals surface area contributed by atoms with Crippen LogP contribution in [0.5, 0.6) is 0 Å². The lowest BCUT2D eigenvalue weighted by Crippen LogP contribution is -2.25. The maximum Gasteiger partial charge on any atom is 0.246 e. The summed E-state index contributed by atoms with van der Waals surface area (Å²) in [7, 11) is 5.17. The van der Waals surface area contributed by atoms with E-state index in [4.69, 9.17) is 11.6 Å². The number of halogens is 1. The molecule has 0 saturated heterocycles. The van der Waals surface area contributed by atoms with Crippen LogP contribution in [0.25, 0.3) is 0 Å². The van der Waals surface area contributed by atoms with Crippen molar-refractivity contribution in [1.29, 1.82) is 0 Å². The van der Waals surface area contributed by atoms with Crippen LogP contribution >= 0.6 is 11.6 Å². The monoisotopic (exact) mass is 201 g/mol. The van der Waals surface area contributed by atoms with Crippen molar-refractivity contribution in [1.82, 2.24) is 14.5 Å². The van der Waals surface area contributed by atoms with Gasteiger partial charge in [-0.2, -0.15) is 0 Å². The lowest BCUT2D eigenvalue weighted by molar-refractivity contribution is -0.128. The molecule has 1 aromatic heterocycles. The Morgan fingerprint density at radius 1 is 1.69 bits per heavy atom. The molecule has 0 spiro atoms. The zero-order valence-corrected chi connectivity index (χ0v) is 8.62. The summed E-state index contributed by atoms with van der Waals surface area (Å²) in [4.78, 5) is 16.9. The molecule has 1 aromatic rings. The average Bonchev–Trinajstić information content (AvgIpc) is 2.49. The molecule has 0 fully saturated rings. The molecule has 1 amide bonds. The smallest absolute Gasteiger partial charge is 0.246 e. The number of carbonyl (C=O) groups excluding carboxylic acids is 1. The first-order chi connectivity index (χ1) is 6.02. The Morgan fingerprint density at radius 3 is 2.69 bits per heavy atom. The van der Waals surface area contributed by atoms with Crippen LogP contribution in [0, 0.1) is 0 Å². The maximum absolute atomic E-state index is 11.4. The molecule has 4 nitrogen and oxygen atoms in total. The van der Waals surface area contributed by atoms with Crippen molar-refractivity contribution in [3.8, 4) is 0 Å². The first-order valence-corrected chi connectivity index (χ1v) is 4.29. The second-order valence-electron chi connectivity index (χ2n) is 3.06. The summed E-state index contributed by atoms with van der Waals surface area (Å²) >= 11 is 5.90. The number of nitrogens with zero attached hydrogens (tertiary/aromatic N) is 3. The van der Waals surface area contributed by atoms with E-state index in [1.165, 1.54) is 4.90 Å². The topological polar surface area (TPSA) is 38.1 Å². The minimum atomic E-state index is -0.684. The second kappa shape index (κ2) is 3.79. The highest BCUT2D eigenvalue weighted by molar-refractivity contribution is 6.30. The highest BCUT2D eigenvalue weighted by Crippen LogP contribution is 2.19. The van der Waals surface area contributed by atoms with Crippen molar-refractivity contribution >= 4 is 17.5 Å². The van der Waals surface area contributed by atoms with Crippen molar-refractivity contribution in [3.05, 3.63) is 18.2 Å². The number of likely N-dealkylation sites (N-methyl/N-ethyl adjacent to an activating group) is 1. The van der Waals surface area contributed by atoms with E-state index >= 15 is 0 Å². The van der Waals surface area contributed by atoms with Crippen molar-refractivity contribution in [2.75, 3.05) is 14.1 Å². The number of hydrogen-bond donors (Lipinski definition) is 0. The van der Waals surface area contributed by atoms with Crippen molar-refractivity contribution in [2.24, 2.45) is 7.05 Å². The molecule has 1 rings (SSSR count). The van der Waals surface area contributed by atoms with Crippen LogP contribution in [-0.2, 0) is 11.8 Å². The first kappa shape index (κ1) is 10.1. The van der Waals surface area contributed by atoms with E-state index in [-0.39, 0.29) is 5.91 Å². The zero-order valence-electron chi connectivity index (χ0n) is 7.86. The third-order valence-electron chi connectivity index (χ3n) is 1.64. The van der Waals surface area contributed by atoms with Gasteiger partial charge in [0.1, 0.15) is 0 Å². The Kier molecular flexibility index (Phi) is 2.93. The number of amides is 1. The minimum absolute atomic E-state index is 0.152. The van der Waals surface area contributed by atoms with E-state index in [9.17, 15) is 4.79 Å². The fourth-order valence-corrected chi connectivity index (χ4v) is 1.22. The van der Waals surface area contributed by atoms with Crippen LogP contribution < -0.4 is 0 Å². The van der Waals surface area contributed by atoms with Crippen LogP contribution in [0.4, 0.5) is 0 Å². The SMILES string of the molecule is CN(C)C(=O)C(Cl)c1cn(C)cn1. The molecule has 13 heavy (non-hydrogen) atoms. The number of aromatic nitrogens is 2. The van der Waals surface area contributed by atoms with Gasteiger partial charge in [-0.25, -0.2) is 4.98 Å². The molecule has 1 heterocycles. The molecule has 0 aliphatic carbocycles. The lowest BCUT2D eigenvalue weighted by Gasteiger charge is -2.12. The van der Waals surface area contributed by atoms with E-state index in [1.54, 1.807) is 31.2 Å². The van der Waals surface area contributed by atoms with Gasteiger partial charge in [0.15, 0.2) is 5.38 Å². The van der Waals surface area contributed by atoms with Crippen LogP contribution in [0.15, 0.2) is 12.5 Å². The van der Waals surface area contributed by atoms with E-state index < -0.39 is 5.38 Å².